The number of nitrogens with zero attached hydrogens (tertiary/aromatic N) is 3. The Balaban J connectivity index is 2.28. The Labute approximate surface area is 131 Å². The number of allylic oxidation sites excluding steroid dienone is 1. The van der Waals surface area contributed by atoms with Crippen molar-refractivity contribution in [1.82, 2.24) is 14.7 Å². The Hall–Kier alpha value is -1.82. The molecule has 0 aliphatic carbocycles. The third kappa shape index (κ3) is 3.32. The molecule has 0 unspecified atom stereocenters. The first-order valence-corrected chi connectivity index (χ1v) is 7.55. The lowest BCUT2D eigenvalue weighted by Gasteiger charge is -2.34. The van der Waals surface area contributed by atoms with Crippen molar-refractivity contribution in [2.75, 3.05) is 0 Å². The third-order valence-electron chi connectivity index (χ3n) is 3.68. The molecule has 0 saturated heterocycles. The minimum atomic E-state index is -0.524. The SMILES string of the molecule is C=CCn1nc2c(c1CO)CN(C(=O)OC(C)(C)C)[C@H](C)C2. The number of aliphatic hydroxyl groups is 1. The van der Waals surface area contributed by atoms with Gasteiger partial charge in [-0.15, -0.1) is 6.58 Å². The van der Waals surface area contributed by atoms with Gasteiger partial charge in [0.2, 0.25) is 0 Å². The van der Waals surface area contributed by atoms with Gasteiger partial charge < -0.3 is 14.7 Å². The molecule has 1 N–H and O–H groups in total. The normalized spacial score (nSPS) is 18.0. The van der Waals surface area contributed by atoms with Crippen LogP contribution in [0.3, 0.4) is 0 Å². The van der Waals surface area contributed by atoms with Gasteiger partial charge in [0, 0.05) is 18.0 Å². The van der Waals surface area contributed by atoms with Crippen LogP contribution in [0.15, 0.2) is 12.7 Å². The topological polar surface area (TPSA) is 67.6 Å². The van der Waals surface area contributed by atoms with Gasteiger partial charge in [0.25, 0.3) is 0 Å². The number of amides is 1. The van der Waals surface area contributed by atoms with Crippen molar-refractivity contribution in [3.05, 3.63) is 29.6 Å². The van der Waals surface area contributed by atoms with E-state index in [4.69, 9.17) is 4.74 Å². The van der Waals surface area contributed by atoms with E-state index in [1.165, 1.54) is 0 Å². The van der Waals surface area contributed by atoms with Crippen LogP contribution in [-0.4, -0.2) is 37.5 Å². The summed E-state index contributed by atoms with van der Waals surface area (Å²) in [6.07, 6.45) is 2.07. The Morgan fingerprint density at radius 2 is 2.23 bits per heavy atom. The molecule has 2 heterocycles. The lowest BCUT2D eigenvalue weighted by atomic mass is 10.00. The van der Waals surface area contributed by atoms with E-state index in [-0.39, 0.29) is 18.7 Å². The minimum Gasteiger partial charge on any atom is -0.444 e. The highest BCUT2D eigenvalue weighted by atomic mass is 16.6. The molecule has 122 valence electrons. The van der Waals surface area contributed by atoms with E-state index in [1.807, 2.05) is 27.7 Å². The maximum absolute atomic E-state index is 12.4. The molecule has 1 aromatic heterocycles. The summed E-state index contributed by atoms with van der Waals surface area (Å²) in [5, 5.41) is 14.2. The first-order valence-electron chi connectivity index (χ1n) is 7.55. The van der Waals surface area contributed by atoms with Crippen LogP contribution in [0.4, 0.5) is 4.79 Å². The number of hydrogen-bond acceptors (Lipinski definition) is 4. The van der Waals surface area contributed by atoms with Crippen molar-refractivity contribution in [2.24, 2.45) is 0 Å². The zero-order valence-corrected chi connectivity index (χ0v) is 13.8. The van der Waals surface area contributed by atoms with Crippen LogP contribution in [0.25, 0.3) is 0 Å². The van der Waals surface area contributed by atoms with Gasteiger partial charge in [-0.3, -0.25) is 4.68 Å². The van der Waals surface area contributed by atoms with E-state index in [2.05, 4.69) is 11.7 Å². The second-order valence-corrected chi connectivity index (χ2v) is 6.66. The van der Waals surface area contributed by atoms with Crippen molar-refractivity contribution in [3.8, 4) is 0 Å². The first kappa shape index (κ1) is 16.5. The summed E-state index contributed by atoms with van der Waals surface area (Å²) in [6, 6.07) is 0.0148. The Kier molecular flexibility index (Phi) is 4.60. The van der Waals surface area contributed by atoms with Gasteiger partial charge in [-0.1, -0.05) is 6.08 Å². The largest absolute Gasteiger partial charge is 0.444 e. The third-order valence-corrected chi connectivity index (χ3v) is 3.68. The van der Waals surface area contributed by atoms with Gasteiger partial charge in [-0.2, -0.15) is 5.10 Å². The van der Waals surface area contributed by atoms with Crippen LogP contribution in [0.2, 0.25) is 0 Å². The average molecular weight is 307 g/mol. The van der Waals surface area contributed by atoms with Gasteiger partial charge in [-0.25, -0.2) is 4.79 Å². The van der Waals surface area contributed by atoms with Crippen LogP contribution in [0.1, 0.15) is 44.6 Å². The van der Waals surface area contributed by atoms with E-state index >= 15 is 0 Å². The predicted molar refractivity (Wildman–Crippen MR) is 83.3 cm³/mol. The quantitative estimate of drug-likeness (QED) is 0.870. The Morgan fingerprint density at radius 1 is 1.55 bits per heavy atom. The highest BCUT2D eigenvalue weighted by Gasteiger charge is 2.33. The second-order valence-electron chi connectivity index (χ2n) is 6.66. The number of rotatable bonds is 3. The lowest BCUT2D eigenvalue weighted by molar-refractivity contribution is 0.0136. The van der Waals surface area contributed by atoms with E-state index < -0.39 is 5.60 Å². The van der Waals surface area contributed by atoms with E-state index in [0.717, 1.165) is 17.0 Å². The minimum absolute atomic E-state index is 0.0148. The molecule has 0 fully saturated rings. The number of carbonyl (C=O) groups excluding carboxylic acids is 1. The van der Waals surface area contributed by atoms with Crippen molar-refractivity contribution in [2.45, 2.75) is 65.5 Å². The molecular weight excluding hydrogens is 282 g/mol. The molecule has 1 aliphatic heterocycles. The number of aliphatic hydroxyl groups excluding tert-OH is 1. The monoisotopic (exact) mass is 307 g/mol. The van der Waals surface area contributed by atoms with Crippen LogP contribution >= 0.6 is 0 Å². The van der Waals surface area contributed by atoms with Gasteiger partial charge in [0.15, 0.2) is 0 Å². The zero-order chi connectivity index (χ0) is 16.5. The standard InChI is InChI=1S/C16H25N3O3/c1-6-7-19-14(10-20)12-9-18(11(2)8-13(12)17-19)15(21)22-16(3,4)5/h6,11,20H,1,7-10H2,2-5H3/t11-/m1/s1. The Morgan fingerprint density at radius 3 is 2.77 bits per heavy atom. The van der Waals surface area contributed by atoms with Crippen molar-refractivity contribution < 1.29 is 14.6 Å². The number of fused-ring (bicyclic) bond motifs is 1. The zero-order valence-electron chi connectivity index (χ0n) is 13.8. The summed E-state index contributed by atoms with van der Waals surface area (Å²) >= 11 is 0. The number of ether oxygens (including phenoxy) is 1. The highest BCUT2D eigenvalue weighted by Crippen LogP contribution is 2.27. The molecule has 0 radical (unpaired) electrons. The lowest BCUT2D eigenvalue weighted by Crippen LogP contribution is -2.45. The average Bonchev–Trinajstić information content (AvgIpc) is 2.72. The first-order chi connectivity index (χ1) is 10.3. The van der Waals surface area contributed by atoms with Crippen LogP contribution in [0.5, 0.6) is 0 Å². The van der Waals surface area contributed by atoms with Crippen LogP contribution in [-0.2, 0) is 30.9 Å². The summed E-state index contributed by atoms with van der Waals surface area (Å²) in [7, 11) is 0. The molecule has 0 spiro atoms. The van der Waals surface area contributed by atoms with Crippen molar-refractivity contribution in [1.29, 1.82) is 0 Å². The van der Waals surface area contributed by atoms with Crippen LogP contribution < -0.4 is 0 Å². The molecule has 0 bridgehead atoms. The number of carbonyl (C=O) groups is 1. The Bertz CT molecular complexity index is 572. The van der Waals surface area contributed by atoms with Gasteiger partial charge in [0.05, 0.1) is 31.1 Å². The van der Waals surface area contributed by atoms with E-state index in [0.29, 0.717) is 19.5 Å². The van der Waals surface area contributed by atoms with Gasteiger partial charge in [0.1, 0.15) is 5.60 Å². The maximum atomic E-state index is 12.4. The molecule has 1 aromatic rings. The predicted octanol–water partition coefficient (Wildman–Crippen LogP) is 2.24. The number of aromatic nitrogens is 2. The molecular formula is C16H25N3O3. The van der Waals surface area contributed by atoms with Gasteiger partial charge in [-0.05, 0) is 27.7 Å². The van der Waals surface area contributed by atoms with E-state index in [9.17, 15) is 9.90 Å². The molecule has 0 saturated carbocycles. The molecule has 1 amide bonds. The second kappa shape index (κ2) is 6.12. The van der Waals surface area contributed by atoms with Crippen molar-refractivity contribution >= 4 is 6.09 Å². The molecule has 2 rings (SSSR count). The molecule has 6 nitrogen and oxygen atoms in total. The highest BCUT2D eigenvalue weighted by molar-refractivity contribution is 5.69. The molecule has 1 aliphatic rings. The fraction of sp³-hybridized carbons (Fsp3) is 0.625. The molecule has 6 heteroatoms. The maximum Gasteiger partial charge on any atom is 0.410 e. The fourth-order valence-corrected chi connectivity index (χ4v) is 2.67. The fourth-order valence-electron chi connectivity index (χ4n) is 2.67. The summed E-state index contributed by atoms with van der Waals surface area (Å²) in [5.41, 5.74) is 2.09. The molecule has 22 heavy (non-hydrogen) atoms. The summed E-state index contributed by atoms with van der Waals surface area (Å²) in [6.45, 7) is 12.1. The van der Waals surface area contributed by atoms with Crippen LogP contribution in [0, 0.1) is 0 Å². The number of hydrogen-bond donors (Lipinski definition) is 1. The van der Waals surface area contributed by atoms with E-state index in [1.54, 1.807) is 15.7 Å². The molecule has 0 aromatic carbocycles. The van der Waals surface area contributed by atoms with Gasteiger partial charge >= 0.3 is 6.09 Å². The molecule has 1 atom stereocenters. The summed E-state index contributed by atoms with van der Waals surface area (Å²) in [4.78, 5) is 14.1. The van der Waals surface area contributed by atoms with Crippen molar-refractivity contribution in [3.63, 3.8) is 0 Å². The summed E-state index contributed by atoms with van der Waals surface area (Å²) in [5.74, 6) is 0. The smallest absolute Gasteiger partial charge is 0.410 e. The summed E-state index contributed by atoms with van der Waals surface area (Å²) < 4.78 is 7.22.